The minimum absolute atomic E-state index is 0.133. The number of rotatable bonds is 22. The summed E-state index contributed by atoms with van der Waals surface area (Å²) in [5.41, 5.74) is 3.21. The van der Waals surface area contributed by atoms with E-state index < -0.39 is 0 Å². The van der Waals surface area contributed by atoms with Gasteiger partial charge in [-0.25, -0.2) is 0 Å². The maximum atomic E-state index is 11.0. The molecule has 0 fully saturated rings. The lowest BCUT2D eigenvalue weighted by atomic mass is 10.1. The van der Waals surface area contributed by atoms with E-state index in [1.807, 2.05) is 38.0 Å². The van der Waals surface area contributed by atoms with E-state index in [0.717, 1.165) is 44.5 Å². The summed E-state index contributed by atoms with van der Waals surface area (Å²) in [7, 11) is 11.3. The zero-order valence-corrected chi connectivity index (χ0v) is 40.6. The van der Waals surface area contributed by atoms with E-state index in [0.29, 0.717) is 79.5 Å². The van der Waals surface area contributed by atoms with Crippen molar-refractivity contribution in [2.24, 2.45) is 37.8 Å². The first-order valence-corrected chi connectivity index (χ1v) is 21.9. The van der Waals surface area contributed by atoms with Gasteiger partial charge in [0.2, 0.25) is 0 Å². The lowest BCUT2D eigenvalue weighted by Crippen LogP contribution is -2.20. The van der Waals surface area contributed by atoms with Crippen LogP contribution in [0.3, 0.4) is 0 Å². The molecule has 0 bridgehead atoms. The molecule has 22 nitrogen and oxygen atoms in total. The van der Waals surface area contributed by atoms with Crippen molar-refractivity contribution in [1.29, 1.82) is 0 Å². The van der Waals surface area contributed by atoms with Gasteiger partial charge in [0.15, 0.2) is 0 Å². The van der Waals surface area contributed by atoms with Crippen molar-refractivity contribution in [3.8, 4) is 0 Å². The fraction of sp³-hybridized carbons (Fsp3) is 0.714. The Balaban J connectivity index is 0.000000430. The summed E-state index contributed by atoms with van der Waals surface area (Å²) < 4.78 is 6.52. The smallest absolute Gasteiger partial charge is 0.308 e. The van der Waals surface area contributed by atoms with Crippen molar-refractivity contribution in [2.75, 3.05) is 41.3 Å². The minimum atomic E-state index is -0.372. The Kier molecular flexibility index (Phi) is 24.9. The summed E-state index contributed by atoms with van der Waals surface area (Å²) in [6.07, 6.45) is 12.2. The fourth-order valence-corrected chi connectivity index (χ4v) is 5.94. The van der Waals surface area contributed by atoms with Crippen molar-refractivity contribution in [1.82, 2.24) is 48.9 Å². The van der Waals surface area contributed by atoms with E-state index >= 15 is 0 Å². The minimum Gasteiger partial charge on any atom is -0.308 e. The molecule has 64 heavy (non-hydrogen) atoms. The molecular formula is C42H74N14O8. The van der Waals surface area contributed by atoms with Crippen molar-refractivity contribution in [3.05, 3.63) is 88.0 Å². The predicted molar refractivity (Wildman–Crippen MR) is 247 cm³/mol. The van der Waals surface area contributed by atoms with E-state index in [4.69, 9.17) is 0 Å². The molecule has 0 amide bonds. The second-order valence-electron chi connectivity index (χ2n) is 18.0. The van der Waals surface area contributed by atoms with Crippen molar-refractivity contribution < 1.29 is 19.7 Å². The van der Waals surface area contributed by atoms with E-state index in [-0.39, 0.29) is 42.4 Å². The quantitative estimate of drug-likeness (QED) is 0.0541. The standard InChI is InChI=1S/2C12H22N4O2.2C9H15N3O2/c1-10(2)5-6-11-12(16(17)18)9-15(13-11)8-7-14(3)4;1-10(2)5-6-11-12(16(17)18)9-13-15(11)8-7-14(3)4;1-7(2)4-5-8-9(12(13)14)6-11(3)10-8;1-7(2)4-5-8-9(12(13)14)6-10-11(8)3/h2*9-10H,5-8H2,1-4H3;2*6-7H,4-5H2,1-3H3. The largest absolute Gasteiger partial charge is 0.310 e. The molecule has 0 aromatic carbocycles. The highest BCUT2D eigenvalue weighted by molar-refractivity contribution is 5.34. The van der Waals surface area contributed by atoms with Crippen LogP contribution in [-0.4, -0.2) is 110 Å². The van der Waals surface area contributed by atoms with Crippen LogP contribution in [0, 0.1) is 64.1 Å². The molecule has 4 rings (SSSR count). The van der Waals surface area contributed by atoms with Gasteiger partial charge in [-0.1, -0.05) is 55.4 Å². The molecule has 0 spiro atoms. The molecule has 4 aromatic heterocycles. The monoisotopic (exact) mass is 903 g/mol. The van der Waals surface area contributed by atoms with Gasteiger partial charge >= 0.3 is 22.7 Å². The molecular weight excluding hydrogens is 829 g/mol. The third-order valence-corrected chi connectivity index (χ3v) is 9.82. The van der Waals surface area contributed by atoms with Crippen LogP contribution in [0.5, 0.6) is 0 Å². The number of nitro groups is 4. The molecule has 0 aliphatic carbocycles. The van der Waals surface area contributed by atoms with E-state index in [1.165, 1.54) is 23.3 Å². The van der Waals surface area contributed by atoms with E-state index in [2.05, 4.69) is 75.8 Å². The normalized spacial score (nSPS) is 11.2. The maximum Gasteiger partial charge on any atom is 0.310 e. The van der Waals surface area contributed by atoms with Crippen LogP contribution in [0.25, 0.3) is 0 Å². The van der Waals surface area contributed by atoms with Gasteiger partial charge in [-0.2, -0.15) is 20.4 Å². The van der Waals surface area contributed by atoms with Gasteiger partial charge < -0.3 is 9.80 Å². The zero-order chi connectivity index (χ0) is 48.8. The van der Waals surface area contributed by atoms with E-state index in [9.17, 15) is 40.5 Å². The van der Waals surface area contributed by atoms with Crippen LogP contribution >= 0.6 is 0 Å². The molecule has 0 N–H and O–H groups in total. The Hall–Kier alpha value is -5.64. The fourth-order valence-electron chi connectivity index (χ4n) is 5.94. The molecule has 360 valence electrons. The zero-order valence-electron chi connectivity index (χ0n) is 40.6. The SMILES string of the molecule is CC(C)CCc1c([N+](=O)[O-])cnn1C.CC(C)CCc1c([N+](=O)[O-])cnn1CCN(C)C.CC(C)CCc1nn(C)cc1[N+](=O)[O-].CC(C)CCc1nn(CCN(C)C)cc1[N+](=O)[O-]. The summed E-state index contributed by atoms with van der Waals surface area (Å²) in [5.74, 6) is 2.14. The number of hydrogen-bond acceptors (Lipinski definition) is 14. The van der Waals surface area contributed by atoms with Crippen LogP contribution < -0.4 is 0 Å². The van der Waals surface area contributed by atoms with Crippen molar-refractivity contribution in [3.63, 3.8) is 0 Å². The molecule has 22 heteroatoms. The molecule has 0 aliphatic heterocycles. The van der Waals surface area contributed by atoms with Gasteiger partial charge in [-0.3, -0.25) is 59.2 Å². The van der Waals surface area contributed by atoms with Gasteiger partial charge in [0.05, 0.1) is 32.8 Å². The Morgan fingerprint density at radius 1 is 0.531 bits per heavy atom. The van der Waals surface area contributed by atoms with Crippen LogP contribution in [0.15, 0.2) is 24.8 Å². The lowest BCUT2D eigenvalue weighted by molar-refractivity contribution is -0.385. The second-order valence-corrected chi connectivity index (χ2v) is 18.0. The highest BCUT2D eigenvalue weighted by Gasteiger charge is 2.22. The third-order valence-electron chi connectivity index (χ3n) is 9.82. The van der Waals surface area contributed by atoms with Crippen molar-refractivity contribution >= 4 is 22.7 Å². The van der Waals surface area contributed by atoms with Gasteiger partial charge in [-0.15, -0.1) is 0 Å². The molecule has 4 aromatic rings. The van der Waals surface area contributed by atoms with Gasteiger partial charge in [0, 0.05) is 27.2 Å². The van der Waals surface area contributed by atoms with Crippen LogP contribution in [0.2, 0.25) is 0 Å². The lowest BCUT2D eigenvalue weighted by Gasteiger charge is -2.12. The number of likely N-dealkylation sites (N-methyl/N-ethyl adjacent to an activating group) is 2. The summed E-state index contributed by atoms with van der Waals surface area (Å²) in [5, 5.41) is 59.6. The topological polar surface area (TPSA) is 250 Å². The highest BCUT2D eigenvalue weighted by Crippen LogP contribution is 2.23. The Morgan fingerprint density at radius 2 is 0.922 bits per heavy atom. The Morgan fingerprint density at radius 3 is 1.38 bits per heavy atom. The Labute approximate surface area is 377 Å². The number of hydrogen-bond donors (Lipinski definition) is 0. The first kappa shape index (κ1) is 56.4. The summed E-state index contributed by atoms with van der Waals surface area (Å²) in [6.45, 7) is 19.8. The molecule has 0 saturated carbocycles. The van der Waals surface area contributed by atoms with Crippen molar-refractivity contribution in [2.45, 2.75) is 120 Å². The van der Waals surface area contributed by atoms with Crippen LogP contribution in [-0.2, 0) is 52.9 Å². The molecule has 4 heterocycles. The van der Waals surface area contributed by atoms with Gasteiger partial charge in [0.1, 0.15) is 47.6 Å². The van der Waals surface area contributed by atoms with Gasteiger partial charge in [0.25, 0.3) is 0 Å². The summed E-state index contributed by atoms with van der Waals surface area (Å²) in [4.78, 5) is 45.8. The third kappa shape index (κ3) is 21.2. The molecule has 0 unspecified atom stereocenters. The molecule has 0 atom stereocenters. The maximum absolute atomic E-state index is 11.0. The highest BCUT2D eigenvalue weighted by atomic mass is 16.6. The number of aryl methyl sites for hydroxylation is 4. The first-order valence-electron chi connectivity index (χ1n) is 21.9. The summed E-state index contributed by atoms with van der Waals surface area (Å²) in [6, 6.07) is 0. The average Bonchev–Trinajstić information content (AvgIpc) is 3.98. The second kappa shape index (κ2) is 28.2. The number of aromatic nitrogens is 8. The Bertz CT molecular complexity index is 2000. The molecule has 0 radical (unpaired) electrons. The number of nitrogens with zero attached hydrogens (tertiary/aromatic N) is 14. The predicted octanol–water partition coefficient (Wildman–Crippen LogP) is 7.72. The van der Waals surface area contributed by atoms with Crippen LogP contribution in [0.1, 0.15) is 104 Å². The molecule has 0 saturated heterocycles. The summed E-state index contributed by atoms with van der Waals surface area (Å²) >= 11 is 0. The molecule has 0 aliphatic rings. The van der Waals surface area contributed by atoms with E-state index in [1.54, 1.807) is 34.3 Å². The van der Waals surface area contributed by atoms with Crippen LogP contribution in [0.4, 0.5) is 22.7 Å². The average molecular weight is 903 g/mol. The first-order chi connectivity index (χ1) is 29.8. The van der Waals surface area contributed by atoms with Gasteiger partial charge in [-0.05, 0) is 103 Å².